The van der Waals surface area contributed by atoms with Gasteiger partial charge in [-0.1, -0.05) is 6.42 Å². The number of hydrogen-bond acceptors (Lipinski definition) is 4. The highest BCUT2D eigenvalue weighted by molar-refractivity contribution is 5.79. The Hall–Kier alpha value is -2.24. The first kappa shape index (κ1) is 17.8. The van der Waals surface area contributed by atoms with Crippen molar-refractivity contribution < 1.29 is 24.2 Å². The molecule has 0 aromatic heterocycles. The summed E-state index contributed by atoms with van der Waals surface area (Å²) in [7, 11) is 3.13. The summed E-state index contributed by atoms with van der Waals surface area (Å²) in [6.45, 7) is 0.546. The molecule has 0 spiro atoms. The minimum absolute atomic E-state index is 0.0928. The van der Waals surface area contributed by atoms with Crippen LogP contribution in [0.15, 0.2) is 18.2 Å². The van der Waals surface area contributed by atoms with E-state index >= 15 is 0 Å². The molecular weight excluding hydrogens is 286 g/mol. The molecule has 0 bridgehead atoms. The van der Waals surface area contributed by atoms with Gasteiger partial charge in [0.2, 0.25) is 5.91 Å². The predicted molar refractivity (Wildman–Crippen MR) is 82.4 cm³/mol. The number of carbonyl (C=O) groups excluding carboxylic acids is 1. The number of aliphatic carboxylic acids is 1. The molecule has 0 aliphatic carbocycles. The van der Waals surface area contributed by atoms with Crippen molar-refractivity contribution >= 4 is 11.9 Å². The minimum Gasteiger partial charge on any atom is -0.497 e. The molecule has 6 heteroatoms. The zero-order valence-electron chi connectivity index (χ0n) is 13.1. The van der Waals surface area contributed by atoms with Gasteiger partial charge in [0.25, 0.3) is 0 Å². The van der Waals surface area contributed by atoms with E-state index in [4.69, 9.17) is 14.6 Å². The minimum atomic E-state index is -0.783. The second-order valence-corrected chi connectivity index (χ2v) is 4.91. The Morgan fingerprint density at radius 3 is 2.55 bits per heavy atom. The van der Waals surface area contributed by atoms with Crippen molar-refractivity contribution in [2.75, 3.05) is 20.8 Å². The van der Waals surface area contributed by atoms with E-state index in [9.17, 15) is 9.59 Å². The highest BCUT2D eigenvalue weighted by Gasteiger charge is 2.10. The van der Waals surface area contributed by atoms with Crippen molar-refractivity contribution in [2.24, 2.45) is 0 Å². The first-order chi connectivity index (χ1) is 10.6. The van der Waals surface area contributed by atoms with Gasteiger partial charge in [0, 0.05) is 18.5 Å². The van der Waals surface area contributed by atoms with Crippen molar-refractivity contribution in [2.45, 2.75) is 32.1 Å². The summed E-state index contributed by atoms with van der Waals surface area (Å²) in [5, 5.41) is 11.3. The first-order valence-electron chi connectivity index (χ1n) is 7.26. The summed E-state index contributed by atoms with van der Waals surface area (Å²) in [5.41, 5.74) is 0.769. The average molecular weight is 309 g/mol. The van der Waals surface area contributed by atoms with Gasteiger partial charge >= 0.3 is 5.97 Å². The maximum atomic E-state index is 11.9. The lowest BCUT2D eigenvalue weighted by atomic mass is 10.1. The topological polar surface area (TPSA) is 84.9 Å². The van der Waals surface area contributed by atoms with Gasteiger partial charge in [-0.3, -0.25) is 9.59 Å². The molecule has 0 unspecified atom stereocenters. The van der Waals surface area contributed by atoms with Crippen molar-refractivity contribution in [1.82, 2.24) is 5.32 Å². The van der Waals surface area contributed by atoms with Gasteiger partial charge < -0.3 is 19.9 Å². The normalized spacial score (nSPS) is 10.1. The molecule has 0 aliphatic heterocycles. The molecule has 1 aromatic rings. The fraction of sp³-hybridized carbons (Fsp3) is 0.500. The molecule has 0 aliphatic rings. The van der Waals surface area contributed by atoms with Crippen LogP contribution in [0, 0.1) is 0 Å². The van der Waals surface area contributed by atoms with Crippen molar-refractivity contribution in [3.05, 3.63) is 23.8 Å². The van der Waals surface area contributed by atoms with Gasteiger partial charge in [-0.15, -0.1) is 0 Å². The lowest BCUT2D eigenvalue weighted by Gasteiger charge is -2.10. The van der Waals surface area contributed by atoms with Crippen LogP contribution in [-0.2, 0) is 16.0 Å². The summed E-state index contributed by atoms with van der Waals surface area (Å²) >= 11 is 0. The molecule has 0 atom stereocenters. The van der Waals surface area contributed by atoms with E-state index in [1.165, 1.54) is 0 Å². The fourth-order valence-corrected chi connectivity index (χ4v) is 2.06. The smallest absolute Gasteiger partial charge is 0.303 e. The molecule has 0 fully saturated rings. The van der Waals surface area contributed by atoms with E-state index < -0.39 is 5.97 Å². The summed E-state index contributed by atoms with van der Waals surface area (Å²) in [6.07, 6.45) is 2.59. The third-order valence-corrected chi connectivity index (χ3v) is 3.23. The van der Waals surface area contributed by atoms with Crippen LogP contribution < -0.4 is 14.8 Å². The number of rotatable bonds is 10. The van der Waals surface area contributed by atoms with E-state index in [2.05, 4.69) is 5.32 Å². The van der Waals surface area contributed by atoms with Crippen molar-refractivity contribution in [3.63, 3.8) is 0 Å². The van der Waals surface area contributed by atoms with Gasteiger partial charge in [0.05, 0.1) is 20.6 Å². The Balaban J connectivity index is 2.37. The van der Waals surface area contributed by atoms with Gasteiger partial charge in [-0.05, 0) is 31.0 Å². The van der Waals surface area contributed by atoms with Crippen LogP contribution in [0.2, 0.25) is 0 Å². The zero-order valence-corrected chi connectivity index (χ0v) is 13.1. The number of carboxylic acid groups (broad SMARTS) is 1. The molecular formula is C16H23NO5. The Morgan fingerprint density at radius 2 is 1.91 bits per heavy atom. The predicted octanol–water partition coefficient (Wildman–Crippen LogP) is 2.01. The first-order valence-corrected chi connectivity index (χ1v) is 7.26. The number of benzene rings is 1. The monoisotopic (exact) mass is 309 g/mol. The van der Waals surface area contributed by atoms with Crippen LogP contribution in [0.1, 0.15) is 31.2 Å². The number of hydrogen-bond donors (Lipinski definition) is 2. The van der Waals surface area contributed by atoms with E-state index in [0.29, 0.717) is 24.5 Å². The van der Waals surface area contributed by atoms with Crippen LogP contribution in [0.25, 0.3) is 0 Å². The van der Waals surface area contributed by atoms with Crippen LogP contribution >= 0.6 is 0 Å². The number of amides is 1. The second-order valence-electron chi connectivity index (χ2n) is 4.91. The Bertz CT molecular complexity index is 501. The van der Waals surface area contributed by atoms with Crippen LogP contribution in [0.4, 0.5) is 0 Å². The van der Waals surface area contributed by atoms with Gasteiger partial charge in [0.15, 0.2) is 0 Å². The number of nitrogens with one attached hydrogen (secondary N) is 1. The molecule has 1 amide bonds. The van der Waals surface area contributed by atoms with E-state index in [-0.39, 0.29) is 18.7 Å². The lowest BCUT2D eigenvalue weighted by Crippen LogP contribution is -2.26. The Kier molecular flexibility index (Phi) is 7.81. The highest BCUT2D eigenvalue weighted by atomic mass is 16.5. The average Bonchev–Trinajstić information content (AvgIpc) is 2.50. The van der Waals surface area contributed by atoms with Gasteiger partial charge in [-0.2, -0.15) is 0 Å². The lowest BCUT2D eigenvalue weighted by molar-refractivity contribution is -0.137. The van der Waals surface area contributed by atoms with Gasteiger partial charge in [0.1, 0.15) is 11.5 Å². The molecule has 0 saturated heterocycles. The van der Waals surface area contributed by atoms with Crippen LogP contribution in [-0.4, -0.2) is 37.7 Å². The molecule has 6 nitrogen and oxygen atoms in total. The quantitative estimate of drug-likeness (QED) is 0.646. The molecule has 0 saturated carbocycles. The van der Waals surface area contributed by atoms with Crippen molar-refractivity contribution in [3.8, 4) is 11.5 Å². The fourth-order valence-electron chi connectivity index (χ4n) is 2.06. The number of ether oxygens (including phenoxy) is 2. The SMILES string of the molecule is COc1ccc(OC)c(CC(=O)NCCCCCC(=O)O)c1. The Morgan fingerprint density at radius 1 is 1.14 bits per heavy atom. The Labute approximate surface area is 130 Å². The highest BCUT2D eigenvalue weighted by Crippen LogP contribution is 2.24. The van der Waals surface area contributed by atoms with Crippen LogP contribution in [0.5, 0.6) is 11.5 Å². The molecule has 1 aromatic carbocycles. The second kappa shape index (κ2) is 9.65. The maximum Gasteiger partial charge on any atom is 0.303 e. The third-order valence-electron chi connectivity index (χ3n) is 3.23. The summed E-state index contributed by atoms with van der Waals surface area (Å²) in [4.78, 5) is 22.3. The number of unbranched alkanes of at least 4 members (excludes halogenated alkanes) is 2. The molecule has 122 valence electrons. The van der Waals surface area contributed by atoms with E-state index in [1.54, 1.807) is 32.4 Å². The molecule has 22 heavy (non-hydrogen) atoms. The summed E-state index contributed by atoms with van der Waals surface area (Å²) in [5.74, 6) is 0.452. The summed E-state index contributed by atoms with van der Waals surface area (Å²) in [6, 6.07) is 5.33. The van der Waals surface area contributed by atoms with Crippen LogP contribution in [0.3, 0.4) is 0 Å². The maximum absolute atomic E-state index is 11.9. The standard InChI is InChI=1S/C16H23NO5/c1-21-13-7-8-14(22-2)12(10-13)11-15(18)17-9-5-3-4-6-16(19)20/h7-8,10H,3-6,9,11H2,1-2H3,(H,17,18)(H,19,20). The summed E-state index contributed by atoms with van der Waals surface area (Å²) < 4.78 is 10.4. The number of methoxy groups -OCH3 is 2. The molecule has 1 rings (SSSR count). The van der Waals surface area contributed by atoms with E-state index in [1.807, 2.05) is 0 Å². The largest absolute Gasteiger partial charge is 0.497 e. The zero-order chi connectivity index (χ0) is 16.4. The molecule has 2 N–H and O–H groups in total. The number of carboxylic acids is 1. The molecule has 0 radical (unpaired) electrons. The molecule has 0 heterocycles. The third kappa shape index (κ3) is 6.47. The van der Waals surface area contributed by atoms with E-state index in [0.717, 1.165) is 18.4 Å². The van der Waals surface area contributed by atoms with Gasteiger partial charge in [-0.25, -0.2) is 0 Å². The number of carbonyl (C=O) groups is 2. The van der Waals surface area contributed by atoms with Crippen molar-refractivity contribution in [1.29, 1.82) is 0 Å².